The Hall–Kier alpha value is -2.97. The lowest BCUT2D eigenvalue weighted by Gasteiger charge is -2.36. The van der Waals surface area contributed by atoms with E-state index in [1.807, 2.05) is 30.3 Å². The molecule has 0 aliphatic carbocycles. The van der Waals surface area contributed by atoms with Gasteiger partial charge in [-0.3, -0.25) is 4.79 Å². The molecule has 1 saturated heterocycles. The maximum Gasteiger partial charge on any atom is 0.292 e. The fourth-order valence-electron chi connectivity index (χ4n) is 3.77. The highest BCUT2D eigenvalue weighted by Gasteiger charge is 2.23. The summed E-state index contributed by atoms with van der Waals surface area (Å²) in [5, 5.41) is 5.64. The number of thiophene rings is 1. The predicted molar refractivity (Wildman–Crippen MR) is 121 cm³/mol. The Kier molecular flexibility index (Phi) is 4.88. The van der Waals surface area contributed by atoms with E-state index >= 15 is 0 Å². The lowest BCUT2D eigenvalue weighted by Crippen LogP contribution is -2.47. The maximum atomic E-state index is 12.8. The molecule has 0 bridgehead atoms. The van der Waals surface area contributed by atoms with Crippen LogP contribution in [0.5, 0.6) is 0 Å². The lowest BCUT2D eigenvalue weighted by atomic mass is 10.2. The normalized spacial score (nSPS) is 14.5. The summed E-state index contributed by atoms with van der Waals surface area (Å²) in [6, 6.07) is 11.4. The largest absolute Gasteiger partial charge is 0.365 e. The molecule has 1 aromatic carbocycles. The molecule has 0 saturated carbocycles. The Labute approximate surface area is 182 Å². The molecular weight excluding hydrogens is 420 g/mol. The summed E-state index contributed by atoms with van der Waals surface area (Å²) in [4.78, 5) is 28.3. The van der Waals surface area contributed by atoms with Crippen LogP contribution < -0.4 is 15.4 Å². The average molecular weight is 439 g/mol. The second kappa shape index (κ2) is 7.70. The fourth-order valence-corrected chi connectivity index (χ4v) is 4.86. The number of nitrogens with zero attached hydrogens (tertiary/aromatic N) is 6. The molecule has 1 aliphatic heterocycles. The van der Waals surface area contributed by atoms with Gasteiger partial charge in [0.25, 0.3) is 5.56 Å². The van der Waals surface area contributed by atoms with Gasteiger partial charge in [0, 0.05) is 31.1 Å². The summed E-state index contributed by atoms with van der Waals surface area (Å²) in [7, 11) is 0. The molecule has 1 aliphatic rings. The third-order valence-corrected chi connectivity index (χ3v) is 6.57. The first kappa shape index (κ1) is 19.0. The molecule has 4 aromatic rings. The van der Waals surface area contributed by atoms with Gasteiger partial charge in [-0.25, -0.2) is 9.97 Å². The van der Waals surface area contributed by atoms with Crippen molar-refractivity contribution < 1.29 is 0 Å². The molecule has 5 rings (SSSR count). The first-order valence-electron chi connectivity index (χ1n) is 9.66. The minimum absolute atomic E-state index is 0.195. The van der Waals surface area contributed by atoms with Crippen LogP contribution in [0.3, 0.4) is 0 Å². The molecule has 0 amide bonds. The summed E-state index contributed by atoms with van der Waals surface area (Å²) in [5.74, 6) is 0.965. The molecule has 0 unspecified atom stereocenters. The van der Waals surface area contributed by atoms with Crippen LogP contribution in [0, 0.1) is 6.92 Å². The zero-order valence-corrected chi connectivity index (χ0v) is 17.9. The van der Waals surface area contributed by atoms with Crippen molar-refractivity contribution in [3.8, 4) is 5.69 Å². The lowest BCUT2D eigenvalue weighted by molar-refractivity contribution is 0.644. The number of fused-ring (bicyclic) bond motifs is 1. The van der Waals surface area contributed by atoms with Crippen molar-refractivity contribution in [2.45, 2.75) is 6.92 Å². The van der Waals surface area contributed by atoms with Crippen molar-refractivity contribution in [3.05, 3.63) is 69.2 Å². The van der Waals surface area contributed by atoms with Crippen LogP contribution in [0.1, 0.15) is 4.88 Å². The van der Waals surface area contributed by atoms with Crippen LogP contribution in [0.4, 0.5) is 11.5 Å². The van der Waals surface area contributed by atoms with Crippen molar-refractivity contribution in [2.75, 3.05) is 36.0 Å². The van der Waals surface area contributed by atoms with Crippen LogP contribution >= 0.6 is 22.9 Å². The number of aromatic nitrogens is 4. The number of piperazine rings is 1. The van der Waals surface area contributed by atoms with Gasteiger partial charge in [0.2, 0.25) is 0 Å². The molecule has 0 spiro atoms. The van der Waals surface area contributed by atoms with Gasteiger partial charge in [-0.15, -0.1) is 11.3 Å². The molecule has 1 fully saturated rings. The standard InChI is InChI=1S/C21H19ClN6OS/c1-14-11-16-19(23-13-24-20(16)30-14)27-9-7-26(8-10-27)17-12-25-28(21(29)18(17)22)15-5-3-2-4-6-15/h2-6,11-13H,7-10H2,1H3. The van der Waals surface area contributed by atoms with E-state index in [0.717, 1.165) is 42.2 Å². The monoisotopic (exact) mass is 438 g/mol. The first-order valence-corrected chi connectivity index (χ1v) is 10.9. The third-order valence-electron chi connectivity index (χ3n) is 5.25. The summed E-state index contributed by atoms with van der Waals surface area (Å²) >= 11 is 8.15. The number of hydrogen-bond acceptors (Lipinski definition) is 7. The minimum atomic E-state index is -0.311. The van der Waals surface area contributed by atoms with E-state index in [0.29, 0.717) is 11.4 Å². The van der Waals surface area contributed by atoms with Gasteiger partial charge >= 0.3 is 0 Å². The quantitative estimate of drug-likeness (QED) is 0.487. The van der Waals surface area contributed by atoms with Crippen LogP contribution in [0.25, 0.3) is 15.9 Å². The zero-order chi connectivity index (χ0) is 20.7. The zero-order valence-electron chi connectivity index (χ0n) is 16.3. The SMILES string of the molecule is Cc1cc2c(N3CCN(c4cnn(-c5ccccc5)c(=O)c4Cl)CC3)ncnc2s1. The highest BCUT2D eigenvalue weighted by atomic mass is 35.5. The second-order valence-electron chi connectivity index (χ2n) is 7.14. The second-order valence-corrected chi connectivity index (χ2v) is 8.76. The number of para-hydroxylation sites is 1. The van der Waals surface area contributed by atoms with Crippen molar-refractivity contribution >= 4 is 44.7 Å². The summed E-state index contributed by atoms with van der Waals surface area (Å²) in [6.07, 6.45) is 3.31. The van der Waals surface area contributed by atoms with E-state index in [9.17, 15) is 4.79 Å². The highest BCUT2D eigenvalue weighted by Crippen LogP contribution is 2.31. The Balaban J connectivity index is 1.38. The predicted octanol–water partition coefficient (Wildman–Crippen LogP) is 3.53. The number of aryl methyl sites for hydroxylation is 1. The van der Waals surface area contributed by atoms with Crippen molar-refractivity contribution in [2.24, 2.45) is 0 Å². The Morgan fingerprint density at radius 3 is 2.53 bits per heavy atom. The maximum absolute atomic E-state index is 12.8. The van der Waals surface area contributed by atoms with Gasteiger partial charge < -0.3 is 9.80 Å². The van der Waals surface area contributed by atoms with Gasteiger partial charge in [-0.05, 0) is 25.1 Å². The third kappa shape index (κ3) is 3.32. The molecular formula is C21H19ClN6OS. The van der Waals surface area contributed by atoms with Crippen molar-refractivity contribution in [1.29, 1.82) is 0 Å². The average Bonchev–Trinajstić information content (AvgIpc) is 3.17. The summed E-state index contributed by atoms with van der Waals surface area (Å²) in [5.41, 5.74) is 1.06. The van der Waals surface area contributed by atoms with Crippen LogP contribution in [-0.4, -0.2) is 45.9 Å². The molecule has 30 heavy (non-hydrogen) atoms. The number of halogens is 1. The van der Waals surface area contributed by atoms with E-state index < -0.39 is 0 Å². The Morgan fingerprint density at radius 1 is 1.03 bits per heavy atom. The van der Waals surface area contributed by atoms with Crippen LogP contribution in [-0.2, 0) is 0 Å². The summed E-state index contributed by atoms with van der Waals surface area (Å²) in [6.45, 7) is 5.09. The topological polar surface area (TPSA) is 67.2 Å². The van der Waals surface area contributed by atoms with Gasteiger partial charge in [-0.2, -0.15) is 9.78 Å². The van der Waals surface area contributed by atoms with E-state index in [1.165, 1.54) is 9.56 Å². The molecule has 0 atom stereocenters. The molecule has 4 heterocycles. The fraction of sp³-hybridized carbons (Fsp3) is 0.238. The summed E-state index contributed by atoms with van der Waals surface area (Å²) < 4.78 is 1.33. The van der Waals surface area contributed by atoms with Crippen molar-refractivity contribution in [1.82, 2.24) is 19.7 Å². The Bertz CT molecular complexity index is 1260. The first-order chi connectivity index (χ1) is 14.6. The number of benzene rings is 1. The van der Waals surface area contributed by atoms with Crippen LogP contribution in [0.15, 0.2) is 53.7 Å². The molecule has 9 heteroatoms. The van der Waals surface area contributed by atoms with Gasteiger partial charge in [0.05, 0.1) is 23.0 Å². The number of anilines is 2. The van der Waals surface area contributed by atoms with Gasteiger partial charge in [0.15, 0.2) is 0 Å². The van der Waals surface area contributed by atoms with Gasteiger partial charge in [-0.1, -0.05) is 29.8 Å². The van der Waals surface area contributed by atoms with E-state index in [1.54, 1.807) is 23.9 Å². The van der Waals surface area contributed by atoms with E-state index in [4.69, 9.17) is 11.6 Å². The smallest absolute Gasteiger partial charge is 0.292 e. The molecule has 0 radical (unpaired) electrons. The van der Waals surface area contributed by atoms with Crippen molar-refractivity contribution in [3.63, 3.8) is 0 Å². The number of hydrogen-bond donors (Lipinski definition) is 0. The molecule has 3 aromatic heterocycles. The van der Waals surface area contributed by atoms with Gasteiger partial charge in [0.1, 0.15) is 22.0 Å². The highest BCUT2D eigenvalue weighted by molar-refractivity contribution is 7.18. The molecule has 152 valence electrons. The van der Waals surface area contributed by atoms with Crippen LogP contribution in [0.2, 0.25) is 5.02 Å². The number of rotatable bonds is 3. The molecule has 0 N–H and O–H groups in total. The molecule has 7 nitrogen and oxygen atoms in total. The van der Waals surface area contributed by atoms with E-state index in [2.05, 4.69) is 37.9 Å². The minimum Gasteiger partial charge on any atom is -0.365 e. The van der Waals surface area contributed by atoms with E-state index in [-0.39, 0.29) is 10.6 Å². The Morgan fingerprint density at radius 2 is 1.77 bits per heavy atom.